The first kappa shape index (κ1) is 11.0. The van der Waals surface area contributed by atoms with E-state index in [0.29, 0.717) is 0 Å². The molecule has 1 aromatic heterocycles. The molecule has 0 saturated heterocycles. The summed E-state index contributed by atoms with van der Waals surface area (Å²) in [6, 6.07) is 8.27. The number of thiazole rings is 1. The Balaban J connectivity index is 2.15. The van der Waals surface area contributed by atoms with Gasteiger partial charge in [0.25, 0.3) is 0 Å². The summed E-state index contributed by atoms with van der Waals surface area (Å²) in [4.78, 5) is 4.59. The number of para-hydroxylation sites is 1. The highest BCUT2D eigenvalue weighted by atomic mass is 32.1. The van der Waals surface area contributed by atoms with Crippen LogP contribution >= 0.6 is 19.5 Å². The van der Waals surface area contributed by atoms with Gasteiger partial charge in [-0.2, -0.15) is 0 Å². The SMILES string of the molecule is CCOP(C)Cc1nc2ccccc2s1. The normalized spacial score (nSPS) is 13.2. The van der Waals surface area contributed by atoms with Crippen LogP contribution in [0.1, 0.15) is 11.9 Å². The molecule has 0 N–H and O–H groups in total. The van der Waals surface area contributed by atoms with E-state index >= 15 is 0 Å². The number of hydrogen-bond donors (Lipinski definition) is 0. The minimum Gasteiger partial charge on any atom is -0.359 e. The second kappa shape index (κ2) is 5.02. The fourth-order valence-corrected chi connectivity index (χ4v) is 3.99. The third-order valence-electron chi connectivity index (χ3n) is 2.05. The van der Waals surface area contributed by atoms with Crippen molar-refractivity contribution in [2.24, 2.45) is 0 Å². The molecule has 0 aliphatic rings. The number of aromatic nitrogens is 1. The first-order valence-electron chi connectivity index (χ1n) is 4.98. The molecule has 0 aliphatic heterocycles. The number of fused-ring (bicyclic) bond motifs is 1. The number of nitrogens with zero attached hydrogens (tertiary/aromatic N) is 1. The van der Waals surface area contributed by atoms with Crippen LogP contribution in [0.3, 0.4) is 0 Å². The Kier molecular flexibility index (Phi) is 3.68. The summed E-state index contributed by atoms with van der Waals surface area (Å²) in [7, 11) is -0.346. The lowest BCUT2D eigenvalue weighted by Gasteiger charge is -2.08. The Bertz CT molecular complexity index is 410. The van der Waals surface area contributed by atoms with E-state index in [9.17, 15) is 0 Å². The third kappa shape index (κ3) is 2.75. The molecule has 2 rings (SSSR count). The number of rotatable bonds is 4. The highest BCUT2D eigenvalue weighted by Gasteiger charge is 2.07. The smallest absolute Gasteiger partial charge is 0.100 e. The van der Waals surface area contributed by atoms with Gasteiger partial charge in [-0.05, 0) is 25.7 Å². The number of benzene rings is 1. The molecular formula is C11H14NOPS. The van der Waals surface area contributed by atoms with E-state index in [4.69, 9.17) is 4.52 Å². The Labute approximate surface area is 95.1 Å². The highest BCUT2D eigenvalue weighted by molar-refractivity contribution is 7.51. The lowest BCUT2D eigenvalue weighted by molar-refractivity contribution is 0.380. The maximum Gasteiger partial charge on any atom is 0.100 e. The van der Waals surface area contributed by atoms with Gasteiger partial charge in [-0.15, -0.1) is 11.3 Å². The lowest BCUT2D eigenvalue weighted by atomic mass is 10.3. The largest absolute Gasteiger partial charge is 0.359 e. The van der Waals surface area contributed by atoms with E-state index in [1.165, 1.54) is 9.71 Å². The van der Waals surface area contributed by atoms with Gasteiger partial charge >= 0.3 is 0 Å². The molecule has 80 valence electrons. The zero-order chi connectivity index (χ0) is 10.7. The monoisotopic (exact) mass is 239 g/mol. The molecule has 15 heavy (non-hydrogen) atoms. The highest BCUT2D eigenvalue weighted by Crippen LogP contribution is 2.38. The van der Waals surface area contributed by atoms with Gasteiger partial charge in [0.05, 0.1) is 10.2 Å². The molecule has 0 amide bonds. The zero-order valence-corrected chi connectivity index (χ0v) is 10.6. The first-order chi connectivity index (χ1) is 7.29. The van der Waals surface area contributed by atoms with Gasteiger partial charge in [0, 0.05) is 20.9 Å². The standard InChI is InChI=1S/C11H14NOPS/c1-3-13-14(2)8-11-12-9-6-4-5-7-10(9)15-11/h4-7H,3,8H2,1-2H3. The van der Waals surface area contributed by atoms with E-state index in [-0.39, 0.29) is 8.15 Å². The van der Waals surface area contributed by atoms with Crippen LogP contribution in [0.4, 0.5) is 0 Å². The number of hydrogen-bond acceptors (Lipinski definition) is 3. The van der Waals surface area contributed by atoms with Crippen molar-refractivity contribution in [1.82, 2.24) is 4.98 Å². The molecule has 0 aliphatic carbocycles. The average Bonchev–Trinajstić information content (AvgIpc) is 2.59. The summed E-state index contributed by atoms with van der Waals surface area (Å²) < 4.78 is 6.84. The maximum absolute atomic E-state index is 5.57. The fourth-order valence-electron chi connectivity index (χ4n) is 1.44. The zero-order valence-electron chi connectivity index (χ0n) is 8.93. The molecule has 1 aromatic carbocycles. The Morgan fingerprint density at radius 1 is 1.40 bits per heavy atom. The summed E-state index contributed by atoms with van der Waals surface area (Å²) >= 11 is 1.78. The molecule has 0 fully saturated rings. The van der Waals surface area contributed by atoms with Gasteiger partial charge in [0.2, 0.25) is 0 Å². The van der Waals surface area contributed by atoms with Crippen LogP contribution in [0.5, 0.6) is 0 Å². The first-order valence-corrected chi connectivity index (χ1v) is 7.69. The molecule has 0 bridgehead atoms. The summed E-state index contributed by atoms with van der Waals surface area (Å²) in [6.45, 7) is 5.00. The van der Waals surface area contributed by atoms with Crippen LogP contribution < -0.4 is 0 Å². The molecule has 4 heteroatoms. The average molecular weight is 239 g/mol. The third-order valence-corrected chi connectivity index (χ3v) is 4.74. The van der Waals surface area contributed by atoms with Crippen LogP contribution in [0.15, 0.2) is 24.3 Å². The van der Waals surface area contributed by atoms with Crippen LogP contribution in [0.25, 0.3) is 10.2 Å². The van der Waals surface area contributed by atoms with Crippen LogP contribution in [-0.4, -0.2) is 18.3 Å². The molecule has 1 unspecified atom stereocenters. The van der Waals surface area contributed by atoms with Gasteiger partial charge in [-0.25, -0.2) is 4.98 Å². The van der Waals surface area contributed by atoms with Crippen molar-refractivity contribution in [3.8, 4) is 0 Å². The lowest BCUT2D eigenvalue weighted by Crippen LogP contribution is -1.86. The van der Waals surface area contributed by atoms with Crippen molar-refractivity contribution in [1.29, 1.82) is 0 Å². The second-order valence-electron chi connectivity index (χ2n) is 3.28. The quantitative estimate of drug-likeness (QED) is 0.756. The van der Waals surface area contributed by atoms with E-state index < -0.39 is 0 Å². The maximum atomic E-state index is 5.57. The minimum atomic E-state index is -0.346. The summed E-state index contributed by atoms with van der Waals surface area (Å²) in [5.74, 6) is 0. The Morgan fingerprint density at radius 3 is 2.93 bits per heavy atom. The van der Waals surface area contributed by atoms with Crippen LogP contribution in [-0.2, 0) is 10.7 Å². The van der Waals surface area contributed by atoms with E-state index in [0.717, 1.165) is 18.3 Å². The van der Waals surface area contributed by atoms with Crippen LogP contribution in [0.2, 0.25) is 0 Å². The van der Waals surface area contributed by atoms with Crippen molar-refractivity contribution >= 4 is 29.7 Å². The Hall–Kier alpha value is -0.500. The van der Waals surface area contributed by atoms with Crippen molar-refractivity contribution in [3.63, 3.8) is 0 Å². The van der Waals surface area contributed by atoms with Crippen molar-refractivity contribution in [2.75, 3.05) is 13.3 Å². The molecule has 0 radical (unpaired) electrons. The molecule has 0 spiro atoms. The summed E-state index contributed by atoms with van der Waals surface area (Å²) in [6.07, 6.45) is 0.975. The summed E-state index contributed by atoms with van der Waals surface area (Å²) in [5.41, 5.74) is 1.11. The summed E-state index contributed by atoms with van der Waals surface area (Å²) in [5, 5.41) is 1.19. The van der Waals surface area contributed by atoms with Crippen LogP contribution in [0, 0.1) is 0 Å². The minimum absolute atomic E-state index is 0.346. The molecule has 2 nitrogen and oxygen atoms in total. The molecule has 1 atom stereocenters. The van der Waals surface area contributed by atoms with E-state index in [1.54, 1.807) is 11.3 Å². The van der Waals surface area contributed by atoms with E-state index in [2.05, 4.69) is 29.8 Å². The Morgan fingerprint density at radius 2 is 2.20 bits per heavy atom. The molecule has 2 aromatic rings. The molecular weight excluding hydrogens is 225 g/mol. The predicted octanol–water partition coefficient (Wildman–Crippen LogP) is 3.86. The predicted molar refractivity (Wildman–Crippen MR) is 67.8 cm³/mol. The fraction of sp³-hybridized carbons (Fsp3) is 0.364. The molecule has 1 heterocycles. The van der Waals surface area contributed by atoms with Crippen molar-refractivity contribution < 1.29 is 4.52 Å². The van der Waals surface area contributed by atoms with Crippen molar-refractivity contribution in [2.45, 2.75) is 13.1 Å². The molecule has 0 saturated carbocycles. The second-order valence-corrected chi connectivity index (χ2v) is 6.22. The van der Waals surface area contributed by atoms with Gasteiger partial charge in [0.15, 0.2) is 0 Å². The van der Waals surface area contributed by atoms with Gasteiger partial charge in [-0.3, -0.25) is 0 Å². The van der Waals surface area contributed by atoms with Gasteiger partial charge in [-0.1, -0.05) is 12.1 Å². The van der Waals surface area contributed by atoms with Crippen molar-refractivity contribution in [3.05, 3.63) is 29.3 Å². The topological polar surface area (TPSA) is 22.1 Å². The van der Waals surface area contributed by atoms with Gasteiger partial charge in [0.1, 0.15) is 5.01 Å². The van der Waals surface area contributed by atoms with Gasteiger partial charge < -0.3 is 4.52 Å². The van der Waals surface area contributed by atoms with E-state index in [1.807, 2.05) is 13.0 Å².